The Kier molecular flexibility index (Phi) is 4.72. The number of hydrogen-bond donors (Lipinski definition) is 0. The van der Waals surface area contributed by atoms with Crippen LogP contribution in [-0.4, -0.2) is 44.1 Å². The number of hydrogen-bond acceptors (Lipinski definition) is 3. The molecule has 1 aliphatic heterocycles. The van der Waals surface area contributed by atoms with Gasteiger partial charge in [0.2, 0.25) is 0 Å². The molecule has 1 fully saturated rings. The van der Waals surface area contributed by atoms with E-state index < -0.39 is 0 Å². The highest BCUT2D eigenvalue weighted by Gasteiger charge is 2.22. The molecule has 0 atom stereocenters. The van der Waals surface area contributed by atoms with Crippen molar-refractivity contribution in [3.8, 4) is 5.75 Å². The van der Waals surface area contributed by atoms with E-state index in [-0.39, 0.29) is 5.91 Å². The molecule has 3 rings (SSSR count). The fraction of sp³-hybridized carbons (Fsp3) is 0.278. The van der Waals surface area contributed by atoms with Crippen LogP contribution in [0, 0.1) is 0 Å². The van der Waals surface area contributed by atoms with Crippen LogP contribution < -0.4 is 9.64 Å². The predicted molar refractivity (Wildman–Crippen MR) is 92.6 cm³/mol. The first-order valence-corrected chi connectivity index (χ1v) is 7.99. The van der Waals surface area contributed by atoms with Crippen molar-refractivity contribution in [3.05, 3.63) is 59.1 Å². The Morgan fingerprint density at radius 2 is 1.57 bits per heavy atom. The normalized spacial score (nSPS) is 14.7. The number of halogens is 1. The Hall–Kier alpha value is -2.20. The summed E-state index contributed by atoms with van der Waals surface area (Å²) in [5.41, 5.74) is 1.84. The van der Waals surface area contributed by atoms with Crippen LogP contribution in [0.2, 0.25) is 5.02 Å². The highest BCUT2D eigenvalue weighted by atomic mass is 35.5. The van der Waals surface area contributed by atoms with Gasteiger partial charge in [-0.15, -0.1) is 0 Å². The van der Waals surface area contributed by atoms with Gasteiger partial charge in [0.15, 0.2) is 0 Å². The number of amides is 1. The topological polar surface area (TPSA) is 32.8 Å². The second kappa shape index (κ2) is 6.92. The molecule has 0 bridgehead atoms. The molecule has 0 aliphatic carbocycles. The molecule has 5 heteroatoms. The van der Waals surface area contributed by atoms with Crippen LogP contribution in [0.25, 0.3) is 0 Å². The van der Waals surface area contributed by atoms with Gasteiger partial charge in [-0.05, 0) is 48.5 Å². The molecule has 2 aromatic rings. The van der Waals surface area contributed by atoms with E-state index in [1.807, 2.05) is 17.0 Å². The molecule has 4 nitrogen and oxygen atoms in total. The van der Waals surface area contributed by atoms with Gasteiger partial charge >= 0.3 is 0 Å². The molecule has 1 amide bonds. The first kappa shape index (κ1) is 15.7. The molecule has 0 N–H and O–H groups in total. The van der Waals surface area contributed by atoms with E-state index in [0.717, 1.165) is 24.5 Å². The van der Waals surface area contributed by atoms with E-state index >= 15 is 0 Å². The second-order valence-electron chi connectivity index (χ2n) is 5.48. The van der Waals surface area contributed by atoms with Crippen molar-refractivity contribution in [2.45, 2.75) is 0 Å². The molecule has 0 aromatic heterocycles. The van der Waals surface area contributed by atoms with Gasteiger partial charge in [0.25, 0.3) is 5.91 Å². The zero-order valence-electron chi connectivity index (χ0n) is 13.0. The second-order valence-corrected chi connectivity index (χ2v) is 5.92. The fourth-order valence-electron chi connectivity index (χ4n) is 2.74. The summed E-state index contributed by atoms with van der Waals surface area (Å²) in [4.78, 5) is 16.7. The number of carbonyl (C=O) groups excluding carboxylic acids is 1. The molecule has 2 aromatic carbocycles. The van der Waals surface area contributed by atoms with Crippen LogP contribution in [0.4, 0.5) is 5.69 Å². The highest BCUT2D eigenvalue weighted by Crippen LogP contribution is 2.21. The molecule has 23 heavy (non-hydrogen) atoms. The number of anilines is 1. The van der Waals surface area contributed by atoms with Crippen molar-refractivity contribution in [3.63, 3.8) is 0 Å². The van der Waals surface area contributed by atoms with Crippen LogP contribution in [0.1, 0.15) is 10.4 Å². The molecular formula is C18H19ClN2O2. The summed E-state index contributed by atoms with van der Waals surface area (Å²) < 4.78 is 5.18. The maximum Gasteiger partial charge on any atom is 0.253 e. The summed E-state index contributed by atoms with van der Waals surface area (Å²) in [6.07, 6.45) is 0. The maximum absolute atomic E-state index is 12.5. The molecule has 0 spiro atoms. The van der Waals surface area contributed by atoms with Crippen LogP contribution in [0.3, 0.4) is 0 Å². The molecule has 1 saturated heterocycles. The van der Waals surface area contributed by atoms with Gasteiger partial charge in [-0.1, -0.05) is 11.6 Å². The Balaban J connectivity index is 1.61. The molecule has 1 aliphatic rings. The molecule has 0 radical (unpaired) electrons. The Morgan fingerprint density at radius 3 is 2.13 bits per heavy atom. The SMILES string of the molecule is COc1ccc(N2CCN(C(=O)c3ccc(Cl)cc3)CC2)cc1. The molecular weight excluding hydrogens is 312 g/mol. The van der Waals surface area contributed by atoms with Crippen molar-refractivity contribution >= 4 is 23.2 Å². The molecule has 0 saturated carbocycles. The van der Waals surface area contributed by atoms with Crippen LogP contribution in [0.15, 0.2) is 48.5 Å². The highest BCUT2D eigenvalue weighted by molar-refractivity contribution is 6.30. The number of piperazine rings is 1. The zero-order chi connectivity index (χ0) is 16.2. The minimum absolute atomic E-state index is 0.0658. The third-order valence-electron chi connectivity index (χ3n) is 4.10. The number of nitrogens with zero attached hydrogens (tertiary/aromatic N) is 2. The van der Waals surface area contributed by atoms with Crippen molar-refractivity contribution in [2.24, 2.45) is 0 Å². The summed E-state index contributed by atoms with van der Waals surface area (Å²) in [6, 6.07) is 15.1. The summed E-state index contributed by atoms with van der Waals surface area (Å²) in [7, 11) is 1.66. The summed E-state index contributed by atoms with van der Waals surface area (Å²) >= 11 is 5.87. The monoisotopic (exact) mass is 330 g/mol. The number of methoxy groups -OCH3 is 1. The van der Waals surface area contributed by atoms with Crippen LogP contribution >= 0.6 is 11.6 Å². The summed E-state index contributed by atoms with van der Waals surface area (Å²) in [6.45, 7) is 3.08. The lowest BCUT2D eigenvalue weighted by molar-refractivity contribution is 0.0747. The van der Waals surface area contributed by atoms with Gasteiger partial charge in [-0.3, -0.25) is 4.79 Å². The van der Waals surface area contributed by atoms with Gasteiger partial charge in [0, 0.05) is 42.5 Å². The van der Waals surface area contributed by atoms with E-state index in [4.69, 9.17) is 16.3 Å². The van der Waals surface area contributed by atoms with Crippen molar-refractivity contribution in [1.82, 2.24) is 4.90 Å². The number of carbonyl (C=O) groups is 1. The van der Waals surface area contributed by atoms with E-state index in [1.54, 1.807) is 31.4 Å². The smallest absolute Gasteiger partial charge is 0.253 e. The van der Waals surface area contributed by atoms with E-state index in [0.29, 0.717) is 23.7 Å². The standard InChI is InChI=1S/C18H19ClN2O2/c1-23-17-8-6-16(7-9-17)20-10-12-21(13-11-20)18(22)14-2-4-15(19)5-3-14/h2-9H,10-13H2,1H3. The zero-order valence-corrected chi connectivity index (χ0v) is 13.8. The lowest BCUT2D eigenvalue weighted by Crippen LogP contribution is -2.48. The van der Waals surface area contributed by atoms with Crippen molar-refractivity contribution < 1.29 is 9.53 Å². The number of rotatable bonds is 3. The Labute approximate surface area is 141 Å². The van der Waals surface area contributed by atoms with Crippen molar-refractivity contribution in [1.29, 1.82) is 0 Å². The molecule has 1 heterocycles. The van der Waals surface area contributed by atoms with Gasteiger partial charge in [0.05, 0.1) is 7.11 Å². The fourth-order valence-corrected chi connectivity index (χ4v) is 2.86. The predicted octanol–water partition coefficient (Wildman–Crippen LogP) is 3.31. The average molecular weight is 331 g/mol. The molecule has 0 unspecified atom stereocenters. The number of ether oxygens (including phenoxy) is 1. The quantitative estimate of drug-likeness (QED) is 0.865. The summed E-state index contributed by atoms with van der Waals surface area (Å²) in [5, 5.41) is 0.644. The van der Waals surface area contributed by atoms with Crippen LogP contribution in [0.5, 0.6) is 5.75 Å². The van der Waals surface area contributed by atoms with E-state index in [1.165, 1.54) is 0 Å². The Bertz CT molecular complexity index is 662. The first-order chi connectivity index (χ1) is 11.2. The molecule has 120 valence electrons. The van der Waals surface area contributed by atoms with Gasteiger partial charge < -0.3 is 14.5 Å². The van der Waals surface area contributed by atoms with E-state index in [2.05, 4.69) is 17.0 Å². The minimum Gasteiger partial charge on any atom is -0.497 e. The van der Waals surface area contributed by atoms with Crippen molar-refractivity contribution in [2.75, 3.05) is 38.2 Å². The van der Waals surface area contributed by atoms with Crippen LogP contribution in [-0.2, 0) is 0 Å². The van der Waals surface area contributed by atoms with E-state index in [9.17, 15) is 4.79 Å². The lowest BCUT2D eigenvalue weighted by Gasteiger charge is -2.36. The average Bonchev–Trinajstić information content (AvgIpc) is 2.62. The summed E-state index contributed by atoms with van der Waals surface area (Å²) in [5.74, 6) is 0.918. The lowest BCUT2D eigenvalue weighted by atomic mass is 10.1. The first-order valence-electron chi connectivity index (χ1n) is 7.61. The Morgan fingerprint density at radius 1 is 0.957 bits per heavy atom. The van der Waals surface area contributed by atoms with Gasteiger partial charge in [-0.25, -0.2) is 0 Å². The third-order valence-corrected chi connectivity index (χ3v) is 4.35. The third kappa shape index (κ3) is 3.59. The maximum atomic E-state index is 12.5. The van der Waals surface area contributed by atoms with Gasteiger partial charge in [-0.2, -0.15) is 0 Å². The minimum atomic E-state index is 0.0658. The largest absolute Gasteiger partial charge is 0.497 e. The number of benzene rings is 2. The van der Waals surface area contributed by atoms with Gasteiger partial charge in [0.1, 0.15) is 5.75 Å².